The van der Waals surface area contributed by atoms with Crippen molar-refractivity contribution in [3.05, 3.63) is 41.5 Å². The van der Waals surface area contributed by atoms with Crippen LogP contribution in [0.3, 0.4) is 0 Å². The van der Waals surface area contributed by atoms with E-state index in [1.54, 1.807) is 6.92 Å². The Balaban J connectivity index is 1.71. The summed E-state index contributed by atoms with van der Waals surface area (Å²) in [6, 6.07) is 9.80. The molecule has 172 valence electrons. The van der Waals surface area contributed by atoms with Gasteiger partial charge in [-0.2, -0.15) is 0 Å². The summed E-state index contributed by atoms with van der Waals surface area (Å²) in [6.45, 7) is 10.5. The van der Waals surface area contributed by atoms with Crippen molar-refractivity contribution in [2.75, 3.05) is 44.6 Å². The molecule has 1 aromatic heterocycles. The summed E-state index contributed by atoms with van der Waals surface area (Å²) in [5.74, 6) is -0.484. The minimum Gasteiger partial charge on any atom is -0.462 e. The molecular formula is C24H31N3O4S. The van der Waals surface area contributed by atoms with Crippen LogP contribution in [-0.2, 0) is 14.3 Å². The lowest BCUT2D eigenvalue weighted by atomic mass is 10.1. The molecule has 0 atom stereocenters. The molecule has 0 saturated carbocycles. The van der Waals surface area contributed by atoms with E-state index in [-0.39, 0.29) is 30.9 Å². The molecule has 0 bridgehead atoms. The molecule has 1 saturated heterocycles. The van der Waals surface area contributed by atoms with Crippen LogP contribution in [-0.4, -0.2) is 66.9 Å². The zero-order chi connectivity index (χ0) is 23.3. The second-order valence-electron chi connectivity index (χ2n) is 8.15. The first-order valence-electron chi connectivity index (χ1n) is 11.0. The Hall–Kier alpha value is -2.71. The van der Waals surface area contributed by atoms with Gasteiger partial charge in [-0.25, -0.2) is 4.79 Å². The summed E-state index contributed by atoms with van der Waals surface area (Å²) >= 11 is 1.39. The molecule has 2 heterocycles. The van der Waals surface area contributed by atoms with Gasteiger partial charge in [0.25, 0.3) is 0 Å². The third-order valence-electron chi connectivity index (χ3n) is 5.46. The number of esters is 1. The molecule has 2 aromatic rings. The summed E-state index contributed by atoms with van der Waals surface area (Å²) in [5, 5.41) is 3.45. The number of hydrogen-bond donors (Lipinski definition) is 1. The van der Waals surface area contributed by atoms with Crippen LogP contribution >= 0.6 is 11.3 Å². The Bertz CT molecular complexity index is 963. The molecular weight excluding hydrogens is 426 g/mol. The zero-order valence-corrected chi connectivity index (χ0v) is 20.0. The number of nitrogens with one attached hydrogen (secondary N) is 1. The van der Waals surface area contributed by atoms with E-state index in [2.05, 4.69) is 5.32 Å². The Morgan fingerprint density at radius 1 is 1.09 bits per heavy atom. The van der Waals surface area contributed by atoms with E-state index in [1.807, 2.05) is 60.9 Å². The first-order chi connectivity index (χ1) is 15.3. The van der Waals surface area contributed by atoms with Gasteiger partial charge in [0.1, 0.15) is 5.00 Å². The third kappa shape index (κ3) is 5.55. The SMILES string of the molecule is CCOC(=O)c1c(NC(=O)CN2CCN(C(=O)C(C)C)CC2)sc(-c2ccccc2)c1C. The summed E-state index contributed by atoms with van der Waals surface area (Å²) in [7, 11) is 0. The zero-order valence-electron chi connectivity index (χ0n) is 19.1. The number of carbonyl (C=O) groups excluding carboxylic acids is 3. The number of carbonyl (C=O) groups is 3. The van der Waals surface area contributed by atoms with Crippen LogP contribution in [0.15, 0.2) is 30.3 Å². The first kappa shape index (κ1) is 23.9. The molecule has 1 fully saturated rings. The molecule has 1 aliphatic heterocycles. The van der Waals surface area contributed by atoms with Gasteiger partial charge in [-0.05, 0) is 25.0 Å². The van der Waals surface area contributed by atoms with Crippen LogP contribution in [0, 0.1) is 12.8 Å². The number of anilines is 1. The van der Waals surface area contributed by atoms with E-state index >= 15 is 0 Å². The molecule has 1 aliphatic rings. The predicted octanol–water partition coefficient (Wildman–Crippen LogP) is 3.64. The molecule has 0 spiro atoms. The van der Waals surface area contributed by atoms with E-state index < -0.39 is 5.97 Å². The van der Waals surface area contributed by atoms with Crippen LogP contribution in [0.2, 0.25) is 0 Å². The third-order valence-corrected chi connectivity index (χ3v) is 6.72. The Labute approximate surface area is 193 Å². The van der Waals surface area contributed by atoms with E-state index in [0.717, 1.165) is 16.0 Å². The minimum absolute atomic E-state index is 0.0213. The van der Waals surface area contributed by atoms with E-state index in [9.17, 15) is 14.4 Å². The van der Waals surface area contributed by atoms with Gasteiger partial charge in [-0.3, -0.25) is 14.5 Å². The lowest BCUT2D eigenvalue weighted by molar-refractivity contribution is -0.136. The average molecular weight is 458 g/mol. The van der Waals surface area contributed by atoms with Crippen LogP contribution in [0.25, 0.3) is 10.4 Å². The maximum Gasteiger partial charge on any atom is 0.341 e. The smallest absolute Gasteiger partial charge is 0.341 e. The minimum atomic E-state index is -0.431. The molecule has 1 N–H and O–H groups in total. The second kappa shape index (κ2) is 10.7. The molecule has 0 aliphatic carbocycles. The topological polar surface area (TPSA) is 79.0 Å². The van der Waals surface area contributed by atoms with Gasteiger partial charge in [-0.15, -0.1) is 11.3 Å². The van der Waals surface area contributed by atoms with E-state index in [1.165, 1.54) is 11.3 Å². The Morgan fingerprint density at radius 3 is 2.34 bits per heavy atom. The highest BCUT2D eigenvalue weighted by molar-refractivity contribution is 7.20. The van der Waals surface area contributed by atoms with Crippen molar-refractivity contribution in [2.24, 2.45) is 5.92 Å². The first-order valence-corrected chi connectivity index (χ1v) is 11.8. The number of piperazine rings is 1. The van der Waals surface area contributed by atoms with Gasteiger partial charge in [0.05, 0.1) is 18.7 Å². The fourth-order valence-corrected chi connectivity index (χ4v) is 4.99. The number of amides is 2. The lowest BCUT2D eigenvalue weighted by Gasteiger charge is -2.35. The molecule has 0 radical (unpaired) electrons. The van der Waals surface area contributed by atoms with E-state index in [0.29, 0.717) is 36.7 Å². The Kier molecular flexibility index (Phi) is 8.04. The van der Waals surface area contributed by atoms with Crippen molar-refractivity contribution in [3.63, 3.8) is 0 Å². The van der Waals surface area contributed by atoms with Gasteiger partial charge in [0.2, 0.25) is 11.8 Å². The standard InChI is InChI=1S/C24H31N3O4S/c1-5-31-24(30)20-17(4)21(18-9-7-6-8-10-18)32-22(20)25-19(28)15-26-11-13-27(14-12-26)23(29)16(2)3/h6-10,16H,5,11-15H2,1-4H3,(H,25,28). The highest BCUT2D eigenvalue weighted by atomic mass is 32.1. The number of ether oxygens (including phenoxy) is 1. The predicted molar refractivity (Wildman–Crippen MR) is 127 cm³/mol. The molecule has 3 rings (SSSR count). The monoisotopic (exact) mass is 457 g/mol. The van der Waals surface area contributed by atoms with Gasteiger partial charge in [-0.1, -0.05) is 44.2 Å². The number of benzene rings is 1. The maximum atomic E-state index is 12.8. The van der Waals surface area contributed by atoms with Crippen molar-refractivity contribution in [1.29, 1.82) is 0 Å². The quantitative estimate of drug-likeness (QED) is 0.642. The average Bonchev–Trinajstić information content (AvgIpc) is 3.10. The largest absolute Gasteiger partial charge is 0.462 e. The van der Waals surface area contributed by atoms with Gasteiger partial charge in [0, 0.05) is 37.0 Å². The van der Waals surface area contributed by atoms with Crippen molar-refractivity contribution in [1.82, 2.24) is 9.80 Å². The van der Waals surface area contributed by atoms with Crippen molar-refractivity contribution < 1.29 is 19.1 Å². The molecule has 1 aromatic carbocycles. The van der Waals surface area contributed by atoms with Gasteiger partial charge in [0.15, 0.2) is 0 Å². The van der Waals surface area contributed by atoms with Crippen LogP contribution < -0.4 is 5.32 Å². The van der Waals surface area contributed by atoms with Gasteiger partial charge >= 0.3 is 5.97 Å². The molecule has 7 nitrogen and oxygen atoms in total. The van der Waals surface area contributed by atoms with Crippen LogP contribution in [0.5, 0.6) is 0 Å². The van der Waals surface area contributed by atoms with Gasteiger partial charge < -0.3 is 15.0 Å². The fraction of sp³-hybridized carbons (Fsp3) is 0.458. The second-order valence-corrected chi connectivity index (χ2v) is 9.17. The van der Waals surface area contributed by atoms with Crippen molar-refractivity contribution in [2.45, 2.75) is 27.7 Å². The maximum absolute atomic E-state index is 12.8. The normalized spacial score (nSPS) is 14.5. The molecule has 2 amide bonds. The number of rotatable bonds is 7. The summed E-state index contributed by atoms with van der Waals surface area (Å²) in [5.41, 5.74) is 2.21. The molecule has 32 heavy (non-hydrogen) atoms. The molecule has 8 heteroatoms. The Morgan fingerprint density at radius 2 is 1.75 bits per heavy atom. The molecule has 0 unspecified atom stereocenters. The summed E-state index contributed by atoms with van der Waals surface area (Å²) in [6.07, 6.45) is 0. The van der Waals surface area contributed by atoms with Crippen LogP contribution in [0.1, 0.15) is 36.7 Å². The van der Waals surface area contributed by atoms with Crippen molar-refractivity contribution >= 4 is 34.1 Å². The lowest BCUT2D eigenvalue weighted by Crippen LogP contribution is -2.51. The highest BCUT2D eigenvalue weighted by Gasteiger charge is 2.27. The number of thiophene rings is 1. The number of nitrogens with zero attached hydrogens (tertiary/aromatic N) is 2. The van der Waals surface area contributed by atoms with Crippen LogP contribution in [0.4, 0.5) is 5.00 Å². The fourth-order valence-electron chi connectivity index (χ4n) is 3.78. The summed E-state index contributed by atoms with van der Waals surface area (Å²) < 4.78 is 5.25. The van der Waals surface area contributed by atoms with Crippen molar-refractivity contribution in [3.8, 4) is 10.4 Å². The van der Waals surface area contributed by atoms with E-state index in [4.69, 9.17) is 4.74 Å². The highest BCUT2D eigenvalue weighted by Crippen LogP contribution is 2.40. The number of hydrogen-bond acceptors (Lipinski definition) is 6. The summed E-state index contributed by atoms with van der Waals surface area (Å²) in [4.78, 5) is 42.4.